The highest BCUT2D eigenvalue weighted by atomic mass is 32.1. The Morgan fingerprint density at radius 3 is 2.71 bits per heavy atom. The fourth-order valence-corrected chi connectivity index (χ4v) is 2.36. The molecule has 0 bridgehead atoms. The van der Waals surface area contributed by atoms with Gasteiger partial charge in [-0.25, -0.2) is 4.98 Å². The van der Waals surface area contributed by atoms with E-state index in [1.807, 2.05) is 29.6 Å². The molecule has 0 atom stereocenters. The number of methoxy groups -OCH3 is 1. The van der Waals surface area contributed by atoms with Gasteiger partial charge in [0.25, 0.3) is 0 Å². The van der Waals surface area contributed by atoms with Crippen molar-refractivity contribution in [2.24, 2.45) is 0 Å². The van der Waals surface area contributed by atoms with E-state index in [9.17, 15) is 0 Å². The summed E-state index contributed by atoms with van der Waals surface area (Å²) in [6.45, 7) is 0.457. The molecule has 0 fully saturated rings. The Morgan fingerprint density at radius 1 is 1.29 bits per heavy atom. The molecule has 3 nitrogen and oxygen atoms in total. The Hall–Kier alpha value is -1.20. The summed E-state index contributed by atoms with van der Waals surface area (Å²) in [7, 11) is 1.63. The van der Waals surface area contributed by atoms with Crippen molar-refractivity contribution in [1.82, 2.24) is 4.98 Å². The Morgan fingerprint density at radius 2 is 2.06 bits per heavy atom. The molecule has 0 unspecified atom stereocenters. The lowest BCUT2D eigenvalue weighted by Crippen LogP contribution is -1.97. The van der Waals surface area contributed by atoms with Gasteiger partial charge in [-0.15, -0.1) is 11.3 Å². The summed E-state index contributed by atoms with van der Waals surface area (Å²) in [6, 6.07) is 7.58. The first-order valence-corrected chi connectivity index (χ1v) is 6.64. The van der Waals surface area contributed by atoms with E-state index in [4.69, 9.17) is 9.47 Å². The van der Waals surface area contributed by atoms with Crippen LogP contribution in [0.2, 0.25) is 0 Å². The topological polar surface area (TPSA) is 31.4 Å². The number of rotatable bonds is 5. The third kappa shape index (κ3) is 3.14. The molecule has 90 valence electrons. The molecule has 2 aromatic rings. The van der Waals surface area contributed by atoms with E-state index in [1.54, 1.807) is 18.4 Å². The van der Waals surface area contributed by atoms with E-state index in [-0.39, 0.29) is 0 Å². The number of hydrogen-bond acceptors (Lipinski definition) is 5. The zero-order valence-corrected chi connectivity index (χ0v) is 11.1. The van der Waals surface area contributed by atoms with Crippen LogP contribution in [0.25, 0.3) is 0 Å². The number of ether oxygens (including phenoxy) is 2. The number of thiazole rings is 1. The van der Waals surface area contributed by atoms with Crippen LogP contribution in [0.4, 0.5) is 0 Å². The lowest BCUT2D eigenvalue weighted by Gasteiger charge is -2.08. The van der Waals surface area contributed by atoms with Crippen LogP contribution in [0, 0.1) is 0 Å². The monoisotopic (exact) mass is 267 g/mol. The van der Waals surface area contributed by atoms with E-state index in [0.717, 1.165) is 22.2 Å². The van der Waals surface area contributed by atoms with Gasteiger partial charge in [0.2, 0.25) is 0 Å². The van der Waals surface area contributed by atoms with Crippen molar-refractivity contribution in [3.63, 3.8) is 0 Å². The van der Waals surface area contributed by atoms with Gasteiger partial charge in [0, 0.05) is 11.1 Å². The van der Waals surface area contributed by atoms with Crippen LogP contribution in [0.3, 0.4) is 0 Å². The zero-order chi connectivity index (χ0) is 12.1. The summed E-state index contributed by atoms with van der Waals surface area (Å²) in [4.78, 5) is 4.38. The zero-order valence-electron chi connectivity index (χ0n) is 9.42. The molecule has 2 rings (SSSR count). The standard InChI is InChI=1S/C12H13NO2S2/c1-14-10-4-2-3-5-11(10)15-6-12-13-9(7-16)8-17-12/h2-5,8,16H,6-7H2,1H3. The highest BCUT2D eigenvalue weighted by Crippen LogP contribution is 2.27. The fourth-order valence-electron chi connectivity index (χ4n) is 1.37. The first-order valence-electron chi connectivity index (χ1n) is 5.13. The molecule has 5 heteroatoms. The van der Waals surface area contributed by atoms with Crippen LogP contribution in [0.5, 0.6) is 11.5 Å². The molecular formula is C12H13NO2S2. The maximum Gasteiger partial charge on any atom is 0.161 e. The Bertz CT molecular complexity index is 485. The summed E-state index contributed by atoms with van der Waals surface area (Å²) >= 11 is 5.76. The minimum atomic E-state index is 0.457. The summed E-state index contributed by atoms with van der Waals surface area (Å²) in [6.07, 6.45) is 0. The van der Waals surface area contributed by atoms with E-state index in [0.29, 0.717) is 12.4 Å². The number of hydrogen-bond donors (Lipinski definition) is 1. The molecule has 0 saturated carbocycles. The van der Waals surface area contributed by atoms with Gasteiger partial charge in [-0.05, 0) is 12.1 Å². The van der Waals surface area contributed by atoms with E-state index < -0.39 is 0 Å². The maximum absolute atomic E-state index is 5.67. The molecule has 0 amide bonds. The van der Waals surface area contributed by atoms with Gasteiger partial charge in [-0.2, -0.15) is 12.6 Å². The van der Waals surface area contributed by atoms with Gasteiger partial charge >= 0.3 is 0 Å². The summed E-state index contributed by atoms with van der Waals surface area (Å²) in [5.74, 6) is 2.13. The minimum absolute atomic E-state index is 0.457. The van der Waals surface area contributed by atoms with Crippen molar-refractivity contribution >= 4 is 24.0 Å². The first-order chi connectivity index (χ1) is 8.33. The average molecular weight is 267 g/mol. The third-order valence-corrected chi connectivity index (χ3v) is 3.38. The first kappa shape index (κ1) is 12.3. The second kappa shape index (κ2) is 5.93. The number of thiol groups is 1. The smallest absolute Gasteiger partial charge is 0.161 e. The molecule has 0 radical (unpaired) electrons. The molecule has 0 saturated heterocycles. The molecule has 1 heterocycles. The highest BCUT2D eigenvalue weighted by Gasteiger charge is 2.05. The van der Waals surface area contributed by atoms with Crippen molar-refractivity contribution in [3.8, 4) is 11.5 Å². The normalized spacial score (nSPS) is 10.2. The molecule has 0 N–H and O–H groups in total. The lowest BCUT2D eigenvalue weighted by molar-refractivity contribution is 0.284. The highest BCUT2D eigenvalue weighted by molar-refractivity contribution is 7.79. The third-order valence-electron chi connectivity index (χ3n) is 2.18. The maximum atomic E-state index is 5.67. The van der Waals surface area contributed by atoms with E-state index in [2.05, 4.69) is 17.6 Å². The predicted molar refractivity (Wildman–Crippen MR) is 72.1 cm³/mol. The molecule has 0 spiro atoms. The van der Waals surface area contributed by atoms with Crippen LogP contribution in [0.15, 0.2) is 29.6 Å². The van der Waals surface area contributed by atoms with E-state index >= 15 is 0 Å². The molecule has 1 aromatic heterocycles. The molecule has 17 heavy (non-hydrogen) atoms. The second-order valence-electron chi connectivity index (χ2n) is 3.33. The Labute approximate surface area is 110 Å². The molecular weight excluding hydrogens is 254 g/mol. The van der Waals surface area contributed by atoms with Gasteiger partial charge in [0.1, 0.15) is 11.6 Å². The largest absolute Gasteiger partial charge is 0.493 e. The number of para-hydroxylation sites is 2. The van der Waals surface area contributed by atoms with Crippen molar-refractivity contribution in [2.45, 2.75) is 12.4 Å². The van der Waals surface area contributed by atoms with Gasteiger partial charge in [-0.1, -0.05) is 12.1 Å². The SMILES string of the molecule is COc1ccccc1OCc1nc(CS)cs1. The van der Waals surface area contributed by atoms with Crippen molar-refractivity contribution in [1.29, 1.82) is 0 Å². The van der Waals surface area contributed by atoms with Gasteiger partial charge in [-0.3, -0.25) is 0 Å². The van der Waals surface area contributed by atoms with Crippen molar-refractivity contribution in [2.75, 3.05) is 7.11 Å². The summed E-state index contributed by atoms with van der Waals surface area (Å²) < 4.78 is 10.9. The number of nitrogens with zero attached hydrogens (tertiary/aromatic N) is 1. The minimum Gasteiger partial charge on any atom is -0.493 e. The fraction of sp³-hybridized carbons (Fsp3) is 0.250. The second-order valence-corrected chi connectivity index (χ2v) is 4.59. The Kier molecular flexibility index (Phi) is 4.28. The number of benzene rings is 1. The molecule has 0 aliphatic heterocycles. The van der Waals surface area contributed by atoms with Crippen molar-refractivity contribution < 1.29 is 9.47 Å². The molecule has 0 aliphatic carbocycles. The average Bonchev–Trinajstić information content (AvgIpc) is 2.84. The van der Waals surface area contributed by atoms with Gasteiger partial charge in [0.05, 0.1) is 12.8 Å². The van der Waals surface area contributed by atoms with Crippen LogP contribution >= 0.6 is 24.0 Å². The Balaban J connectivity index is 2.01. The number of aromatic nitrogens is 1. The van der Waals surface area contributed by atoms with Gasteiger partial charge in [0.15, 0.2) is 11.5 Å². The van der Waals surface area contributed by atoms with Crippen LogP contribution in [-0.4, -0.2) is 12.1 Å². The lowest BCUT2D eigenvalue weighted by atomic mass is 10.3. The van der Waals surface area contributed by atoms with Crippen LogP contribution < -0.4 is 9.47 Å². The van der Waals surface area contributed by atoms with Crippen LogP contribution in [-0.2, 0) is 12.4 Å². The quantitative estimate of drug-likeness (QED) is 0.844. The molecule has 0 aliphatic rings. The predicted octanol–water partition coefficient (Wildman–Crippen LogP) is 3.16. The van der Waals surface area contributed by atoms with Crippen molar-refractivity contribution in [3.05, 3.63) is 40.3 Å². The summed E-state index contributed by atoms with van der Waals surface area (Å²) in [5, 5.41) is 2.94. The summed E-state index contributed by atoms with van der Waals surface area (Å²) in [5.41, 5.74) is 0.983. The van der Waals surface area contributed by atoms with Crippen LogP contribution in [0.1, 0.15) is 10.7 Å². The van der Waals surface area contributed by atoms with E-state index in [1.165, 1.54) is 0 Å². The van der Waals surface area contributed by atoms with Gasteiger partial charge < -0.3 is 9.47 Å². The molecule has 1 aromatic carbocycles.